The zero-order valence-electron chi connectivity index (χ0n) is 8.47. The Bertz CT molecular complexity index is 416. The third-order valence-corrected chi connectivity index (χ3v) is 3.45. The number of nitrogens with one attached hydrogen (secondary N) is 1. The van der Waals surface area contributed by atoms with Gasteiger partial charge in [0.1, 0.15) is 5.75 Å². The highest BCUT2D eigenvalue weighted by molar-refractivity contribution is 8.15. The number of carbonyl (C=O) groups is 2. The fourth-order valence-electron chi connectivity index (χ4n) is 1.54. The molecule has 1 atom stereocenters. The predicted octanol–water partition coefficient (Wildman–Crippen LogP) is 1.68. The Kier molecular flexibility index (Phi) is 3.14. The second-order valence-corrected chi connectivity index (χ2v) is 4.76. The summed E-state index contributed by atoms with van der Waals surface area (Å²) in [5.41, 5.74) is 1.05. The van der Waals surface area contributed by atoms with Gasteiger partial charge in [-0.15, -0.1) is 0 Å². The molecule has 5 heteroatoms. The number of amides is 2. The van der Waals surface area contributed by atoms with Crippen LogP contribution in [0, 0.1) is 0 Å². The topological polar surface area (TPSA) is 66.4 Å². The highest BCUT2D eigenvalue weighted by atomic mass is 32.2. The van der Waals surface area contributed by atoms with Gasteiger partial charge in [-0.05, 0) is 30.5 Å². The van der Waals surface area contributed by atoms with E-state index in [1.165, 1.54) is 0 Å². The zero-order valence-corrected chi connectivity index (χ0v) is 9.29. The molecule has 1 saturated heterocycles. The van der Waals surface area contributed by atoms with Crippen LogP contribution >= 0.6 is 11.8 Å². The van der Waals surface area contributed by atoms with Gasteiger partial charge in [-0.2, -0.15) is 0 Å². The van der Waals surface area contributed by atoms with Gasteiger partial charge in [0.15, 0.2) is 0 Å². The summed E-state index contributed by atoms with van der Waals surface area (Å²) in [7, 11) is 0. The maximum absolute atomic E-state index is 11.3. The molecule has 1 unspecified atom stereocenters. The normalized spacial score (nSPS) is 19.9. The maximum Gasteiger partial charge on any atom is 0.286 e. The van der Waals surface area contributed by atoms with Crippen molar-refractivity contribution in [2.75, 3.05) is 0 Å². The van der Waals surface area contributed by atoms with E-state index in [1.54, 1.807) is 12.1 Å². The van der Waals surface area contributed by atoms with Crippen LogP contribution in [0.2, 0.25) is 0 Å². The number of rotatable bonds is 3. The second kappa shape index (κ2) is 4.57. The number of hydrogen-bond acceptors (Lipinski definition) is 4. The molecular formula is C11H11NO3S. The van der Waals surface area contributed by atoms with E-state index in [0.717, 1.165) is 23.7 Å². The summed E-state index contributed by atoms with van der Waals surface area (Å²) >= 11 is 1.05. The molecule has 0 aliphatic carbocycles. The lowest BCUT2D eigenvalue weighted by Gasteiger charge is -2.04. The molecule has 1 fully saturated rings. The molecule has 1 aromatic rings. The average molecular weight is 237 g/mol. The Labute approximate surface area is 97.0 Å². The number of aromatic hydroxyl groups is 1. The number of phenolic OH excluding ortho intramolecular Hbond substituents is 1. The zero-order chi connectivity index (χ0) is 11.5. The fraction of sp³-hybridized carbons (Fsp3) is 0.273. The molecule has 16 heavy (non-hydrogen) atoms. The van der Waals surface area contributed by atoms with Gasteiger partial charge in [0, 0.05) is 0 Å². The van der Waals surface area contributed by atoms with E-state index in [4.69, 9.17) is 5.11 Å². The lowest BCUT2D eigenvalue weighted by molar-refractivity contribution is -0.119. The van der Waals surface area contributed by atoms with Crippen molar-refractivity contribution >= 4 is 22.9 Å². The van der Waals surface area contributed by atoms with Gasteiger partial charge in [-0.1, -0.05) is 23.9 Å². The Hall–Kier alpha value is -1.49. The molecule has 2 N–H and O–H groups in total. The molecule has 1 aromatic carbocycles. The van der Waals surface area contributed by atoms with Gasteiger partial charge < -0.3 is 5.11 Å². The van der Waals surface area contributed by atoms with Gasteiger partial charge in [0.2, 0.25) is 5.91 Å². The summed E-state index contributed by atoms with van der Waals surface area (Å²) in [6.07, 6.45) is 1.35. The van der Waals surface area contributed by atoms with E-state index in [-0.39, 0.29) is 22.1 Å². The molecule has 2 rings (SSSR count). The average Bonchev–Trinajstić information content (AvgIpc) is 2.57. The molecule has 4 nitrogen and oxygen atoms in total. The Morgan fingerprint density at radius 1 is 1.25 bits per heavy atom. The largest absolute Gasteiger partial charge is 0.508 e. The number of carbonyl (C=O) groups excluding carboxylic acids is 2. The van der Waals surface area contributed by atoms with E-state index >= 15 is 0 Å². The summed E-state index contributed by atoms with van der Waals surface area (Å²) < 4.78 is 0. The van der Waals surface area contributed by atoms with E-state index in [1.807, 2.05) is 12.1 Å². The first-order chi connectivity index (χ1) is 7.65. The summed E-state index contributed by atoms with van der Waals surface area (Å²) in [5, 5.41) is 10.8. The Balaban J connectivity index is 1.90. The fourth-order valence-corrected chi connectivity index (χ4v) is 2.36. The monoisotopic (exact) mass is 237 g/mol. The molecule has 1 heterocycles. The molecule has 84 valence electrons. The smallest absolute Gasteiger partial charge is 0.286 e. The molecule has 0 bridgehead atoms. The van der Waals surface area contributed by atoms with Crippen molar-refractivity contribution in [3.8, 4) is 5.75 Å². The van der Waals surface area contributed by atoms with Crippen LogP contribution in [0.25, 0.3) is 0 Å². The van der Waals surface area contributed by atoms with Crippen LogP contribution < -0.4 is 5.32 Å². The summed E-state index contributed by atoms with van der Waals surface area (Å²) in [6, 6.07) is 6.86. The highest BCUT2D eigenvalue weighted by Crippen LogP contribution is 2.23. The minimum absolute atomic E-state index is 0.200. The van der Waals surface area contributed by atoms with Crippen LogP contribution in [0.15, 0.2) is 24.3 Å². The van der Waals surface area contributed by atoms with Gasteiger partial charge in [0.05, 0.1) is 5.25 Å². The molecule has 0 aromatic heterocycles. The Morgan fingerprint density at radius 2 is 1.94 bits per heavy atom. The first-order valence-corrected chi connectivity index (χ1v) is 5.82. The number of thioether (sulfide) groups is 1. The van der Waals surface area contributed by atoms with Crippen LogP contribution in [-0.4, -0.2) is 21.5 Å². The molecule has 1 aliphatic rings. The van der Waals surface area contributed by atoms with Crippen molar-refractivity contribution < 1.29 is 14.7 Å². The molecule has 2 amide bonds. The first kappa shape index (κ1) is 11.0. The highest BCUT2D eigenvalue weighted by Gasteiger charge is 2.30. The number of benzene rings is 1. The second-order valence-electron chi connectivity index (χ2n) is 3.59. The van der Waals surface area contributed by atoms with Crippen molar-refractivity contribution in [1.29, 1.82) is 0 Å². The lowest BCUT2D eigenvalue weighted by atomic mass is 10.1. The van der Waals surface area contributed by atoms with Gasteiger partial charge in [0.25, 0.3) is 5.24 Å². The quantitative estimate of drug-likeness (QED) is 0.839. The van der Waals surface area contributed by atoms with E-state index in [9.17, 15) is 9.59 Å². The number of hydrogen-bond donors (Lipinski definition) is 2. The third kappa shape index (κ3) is 2.55. The third-order valence-electron chi connectivity index (χ3n) is 2.40. The standard InChI is InChI=1S/C11H11NO3S/c13-8-4-1-7(2-5-8)3-6-9-10(14)12-11(15)16-9/h1-2,4-5,9,13H,3,6H2,(H,12,14,15). The minimum atomic E-state index is -0.277. The van der Waals surface area contributed by atoms with Crippen molar-refractivity contribution in [3.05, 3.63) is 29.8 Å². The molecule has 0 radical (unpaired) electrons. The van der Waals surface area contributed by atoms with E-state index in [2.05, 4.69) is 5.32 Å². The van der Waals surface area contributed by atoms with Crippen molar-refractivity contribution in [3.63, 3.8) is 0 Å². The van der Waals surface area contributed by atoms with Gasteiger partial charge >= 0.3 is 0 Å². The molecule has 0 spiro atoms. The van der Waals surface area contributed by atoms with Crippen LogP contribution in [0.4, 0.5) is 4.79 Å². The molecular weight excluding hydrogens is 226 g/mol. The lowest BCUT2D eigenvalue weighted by Crippen LogP contribution is -2.24. The first-order valence-electron chi connectivity index (χ1n) is 4.94. The minimum Gasteiger partial charge on any atom is -0.508 e. The van der Waals surface area contributed by atoms with E-state index in [0.29, 0.717) is 6.42 Å². The van der Waals surface area contributed by atoms with Crippen LogP contribution in [0.3, 0.4) is 0 Å². The number of phenols is 1. The number of imide groups is 1. The van der Waals surface area contributed by atoms with Crippen molar-refractivity contribution in [2.24, 2.45) is 0 Å². The van der Waals surface area contributed by atoms with Gasteiger partial charge in [-0.25, -0.2) is 0 Å². The Morgan fingerprint density at radius 3 is 2.50 bits per heavy atom. The molecule has 1 aliphatic heterocycles. The summed E-state index contributed by atoms with van der Waals surface area (Å²) in [5.74, 6) is 0.0284. The summed E-state index contributed by atoms with van der Waals surface area (Å²) in [4.78, 5) is 22.2. The predicted molar refractivity (Wildman–Crippen MR) is 61.3 cm³/mol. The molecule has 0 saturated carbocycles. The number of aryl methyl sites for hydroxylation is 1. The van der Waals surface area contributed by atoms with Crippen LogP contribution in [-0.2, 0) is 11.2 Å². The maximum atomic E-state index is 11.3. The van der Waals surface area contributed by atoms with Crippen LogP contribution in [0.1, 0.15) is 12.0 Å². The summed E-state index contributed by atoms with van der Waals surface area (Å²) in [6.45, 7) is 0. The SMILES string of the molecule is O=C1NC(=O)C(CCc2ccc(O)cc2)S1. The van der Waals surface area contributed by atoms with Gasteiger partial charge in [-0.3, -0.25) is 14.9 Å². The van der Waals surface area contributed by atoms with Crippen molar-refractivity contribution in [2.45, 2.75) is 18.1 Å². The van der Waals surface area contributed by atoms with Crippen molar-refractivity contribution in [1.82, 2.24) is 5.32 Å². The van der Waals surface area contributed by atoms with E-state index < -0.39 is 0 Å². The van der Waals surface area contributed by atoms with Crippen LogP contribution in [0.5, 0.6) is 5.75 Å².